The number of rotatable bonds is 2. The Morgan fingerprint density at radius 2 is 1.84 bits per heavy atom. The summed E-state index contributed by atoms with van der Waals surface area (Å²) in [5, 5.41) is 4.48. The Morgan fingerprint density at radius 1 is 1.05 bits per heavy atom. The van der Waals surface area contributed by atoms with Gasteiger partial charge in [-0.15, -0.1) is 0 Å². The molecule has 2 nitrogen and oxygen atoms in total. The van der Waals surface area contributed by atoms with Crippen molar-refractivity contribution >= 4 is 0 Å². The number of hydrogen-bond donors (Lipinski definition) is 0. The van der Waals surface area contributed by atoms with Gasteiger partial charge in [-0.1, -0.05) is 37.8 Å². The molecule has 0 unspecified atom stereocenters. The summed E-state index contributed by atoms with van der Waals surface area (Å²) in [6.07, 6.45) is 11.6. The minimum absolute atomic E-state index is 0.195. The van der Waals surface area contributed by atoms with Gasteiger partial charge in [0.1, 0.15) is 5.82 Å². The van der Waals surface area contributed by atoms with Crippen LogP contribution in [0, 0.1) is 5.82 Å². The highest BCUT2D eigenvalue weighted by atomic mass is 19.1. The number of nitrogens with zero attached hydrogens (tertiary/aromatic N) is 2. The number of halogens is 1. The van der Waals surface area contributed by atoms with Crippen molar-refractivity contribution in [2.24, 2.45) is 0 Å². The lowest BCUT2D eigenvalue weighted by atomic mass is 10.1. The molecule has 3 heteroatoms. The summed E-state index contributed by atoms with van der Waals surface area (Å²) in [5.41, 5.74) is 1.91. The van der Waals surface area contributed by atoms with E-state index < -0.39 is 0 Å². The molecule has 0 saturated heterocycles. The van der Waals surface area contributed by atoms with E-state index in [-0.39, 0.29) is 5.82 Å². The van der Waals surface area contributed by atoms with E-state index in [0.29, 0.717) is 6.04 Å². The average molecular weight is 258 g/mol. The fourth-order valence-corrected chi connectivity index (χ4v) is 2.88. The highest BCUT2D eigenvalue weighted by molar-refractivity contribution is 5.61. The zero-order chi connectivity index (χ0) is 13.1. The number of benzene rings is 1. The molecular weight excluding hydrogens is 239 g/mol. The van der Waals surface area contributed by atoms with Crippen molar-refractivity contribution in [2.75, 3.05) is 0 Å². The number of aromatic nitrogens is 2. The molecule has 0 spiro atoms. The van der Waals surface area contributed by atoms with Gasteiger partial charge in [-0.2, -0.15) is 5.10 Å². The van der Waals surface area contributed by atoms with E-state index in [2.05, 4.69) is 16.0 Å². The largest absolute Gasteiger partial charge is 0.269 e. The molecular formula is C16H19FN2. The lowest BCUT2D eigenvalue weighted by Gasteiger charge is -2.14. The van der Waals surface area contributed by atoms with Gasteiger partial charge in [-0.05, 0) is 30.5 Å². The van der Waals surface area contributed by atoms with Crippen molar-refractivity contribution < 1.29 is 4.39 Å². The van der Waals surface area contributed by atoms with Gasteiger partial charge in [-0.3, -0.25) is 4.68 Å². The third-order valence-electron chi connectivity index (χ3n) is 3.96. The first-order valence-electron chi connectivity index (χ1n) is 7.13. The van der Waals surface area contributed by atoms with Gasteiger partial charge in [0.25, 0.3) is 0 Å². The molecule has 0 bridgehead atoms. The molecule has 1 aliphatic rings. The molecule has 0 aliphatic heterocycles. The summed E-state index contributed by atoms with van der Waals surface area (Å²) in [6, 6.07) is 7.23. The Hall–Kier alpha value is -1.64. The van der Waals surface area contributed by atoms with Crippen LogP contribution < -0.4 is 0 Å². The Kier molecular flexibility index (Phi) is 3.62. The van der Waals surface area contributed by atoms with Gasteiger partial charge < -0.3 is 0 Å². The normalized spacial score (nSPS) is 17.3. The van der Waals surface area contributed by atoms with Crippen LogP contribution in [0.4, 0.5) is 4.39 Å². The van der Waals surface area contributed by atoms with Gasteiger partial charge >= 0.3 is 0 Å². The first-order chi connectivity index (χ1) is 9.33. The highest BCUT2D eigenvalue weighted by Crippen LogP contribution is 2.28. The van der Waals surface area contributed by atoms with E-state index in [1.807, 2.05) is 12.3 Å². The minimum Gasteiger partial charge on any atom is -0.269 e. The first-order valence-corrected chi connectivity index (χ1v) is 7.13. The van der Waals surface area contributed by atoms with Crippen LogP contribution >= 0.6 is 0 Å². The van der Waals surface area contributed by atoms with Crippen molar-refractivity contribution in [3.8, 4) is 11.1 Å². The molecule has 1 fully saturated rings. The van der Waals surface area contributed by atoms with Crippen molar-refractivity contribution in [3.05, 3.63) is 42.5 Å². The SMILES string of the molecule is Fc1cccc(-c2cnn(C3CCCCCC3)c2)c1. The van der Waals surface area contributed by atoms with Gasteiger partial charge in [0, 0.05) is 11.8 Å². The zero-order valence-electron chi connectivity index (χ0n) is 11.1. The second kappa shape index (κ2) is 5.55. The summed E-state index contributed by atoms with van der Waals surface area (Å²) in [5.74, 6) is -0.195. The lowest BCUT2D eigenvalue weighted by Crippen LogP contribution is -2.08. The van der Waals surface area contributed by atoms with Crippen LogP contribution in [0.3, 0.4) is 0 Å². The third-order valence-corrected chi connectivity index (χ3v) is 3.96. The van der Waals surface area contributed by atoms with Crippen LogP contribution in [0.2, 0.25) is 0 Å². The Morgan fingerprint density at radius 3 is 2.58 bits per heavy atom. The van der Waals surface area contributed by atoms with Crippen molar-refractivity contribution in [3.63, 3.8) is 0 Å². The quantitative estimate of drug-likeness (QED) is 0.721. The van der Waals surface area contributed by atoms with Gasteiger partial charge in [0.15, 0.2) is 0 Å². The molecule has 0 radical (unpaired) electrons. The average Bonchev–Trinajstić information content (AvgIpc) is 2.75. The van der Waals surface area contributed by atoms with E-state index in [0.717, 1.165) is 11.1 Å². The monoisotopic (exact) mass is 258 g/mol. The Labute approximate surface area is 113 Å². The molecule has 19 heavy (non-hydrogen) atoms. The third kappa shape index (κ3) is 2.86. The second-order valence-corrected chi connectivity index (χ2v) is 5.36. The predicted molar refractivity (Wildman–Crippen MR) is 74.4 cm³/mol. The van der Waals surface area contributed by atoms with Crippen LogP contribution in [-0.2, 0) is 0 Å². The van der Waals surface area contributed by atoms with Gasteiger partial charge in [0.2, 0.25) is 0 Å². The van der Waals surface area contributed by atoms with Crippen LogP contribution in [0.5, 0.6) is 0 Å². The van der Waals surface area contributed by atoms with E-state index in [4.69, 9.17) is 0 Å². The maximum Gasteiger partial charge on any atom is 0.123 e. The smallest absolute Gasteiger partial charge is 0.123 e. The van der Waals surface area contributed by atoms with E-state index in [1.165, 1.54) is 44.6 Å². The summed E-state index contributed by atoms with van der Waals surface area (Å²) in [6.45, 7) is 0. The fourth-order valence-electron chi connectivity index (χ4n) is 2.88. The summed E-state index contributed by atoms with van der Waals surface area (Å²) >= 11 is 0. The molecule has 0 atom stereocenters. The first kappa shape index (κ1) is 12.4. The maximum absolute atomic E-state index is 13.2. The zero-order valence-corrected chi connectivity index (χ0v) is 11.1. The Bertz CT molecular complexity index is 539. The molecule has 1 aliphatic carbocycles. The van der Waals surface area contributed by atoms with E-state index in [9.17, 15) is 4.39 Å². The highest BCUT2D eigenvalue weighted by Gasteiger charge is 2.15. The molecule has 1 saturated carbocycles. The molecule has 1 aromatic carbocycles. The number of hydrogen-bond acceptors (Lipinski definition) is 1. The summed E-state index contributed by atoms with van der Waals surface area (Å²) in [4.78, 5) is 0. The summed E-state index contributed by atoms with van der Waals surface area (Å²) < 4.78 is 15.3. The Balaban J connectivity index is 1.82. The molecule has 3 rings (SSSR count). The lowest BCUT2D eigenvalue weighted by molar-refractivity contribution is 0.405. The molecule has 2 aromatic rings. The van der Waals surface area contributed by atoms with Crippen LogP contribution in [0.25, 0.3) is 11.1 Å². The van der Waals surface area contributed by atoms with Crippen LogP contribution in [0.15, 0.2) is 36.7 Å². The molecule has 1 aromatic heterocycles. The minimum atomic E-state index is -0.195. The molecule has 0 amide bonds. The van der Waals surface area contributed by atoms with Crippen LogP contribution in [0.1, 0.15) is 44.6 Å². The summed E-state index contributed by atoms with van der Waals surface area (Å²) in [7, 11) is 0. The van der Waals surface area contributed by atoms with E-state index in [1.54, 1.807) is 12.1 Å². The standard InChI is InChI=1S/C16H19FN2/c17-15-7-5-6-13(10-15)14-11-18-19(12-14)16-8-3-1-2-4-9-16/h5-7,10-12,16H,1-4,8-9H2. The van der Waals surface area contributed by atoms with Gasteiger partial charge in [0.05, 0.1) is 12.2 Å². The van der Waals surface area contributed by atoms with E-state index >= 15 is 0 Å². The molecule has 0 N–H and O–H groups in total. The topological polar surface area (TPSA) is 17.8 Å². The maximum atomic E-state index is 13.2. The van der Waals surface area contributed by atoms with Crippen molar-refractivity contribution in [2.45, 2.75) is 44.6 Å². The van der Waals surface area contributed by atoms with Crippen molar-refractivity contribution in [1.29, 1.82) is 0 Å². The molecule has 100 valence electrons. The predicted octanol–water partition coefficient (Wildman–Crippen LogP) is 4.58. The fraction of sp³-hybridized carbons (Fsp3) is 0.438. The van der Waals surface area contributed by atoms with Gasteiger partial charge in [-0.25, -0.2) is 4.39 Å². The second-order valence-electron chi connectivity index (χ2n) is 5.36. The molecule has 1 heterocycles. The van der Waals surface area contributed by atoms with Crippen LogP contribution in [-0.4, -0.2) is 9.78 Å². The van der Waals surface area contributed by atoms with Crippen molar-refractivity contribution in [1.82, 2.24) is 9.78 Å².